The number of urea groups is 1. The fourth-order valence-electron chi connectivity index (χ4n) is 4.11. The Morgan fingerprint density at radius 2 is 2.00 bits per heavy atom. The number of benzene rings is 1. The third-order valence-electron chi connectivity index (χ3n) is 5.69. The molecule has 7 nitrogen and oxygen atoms in total. The van der Waals surface area contributed by atoms with Crippen LogP contribution in [-0.2, 0) is 17.8 Å². The van der Waals surface area contributed by atoms with E-state index in [1.807, 2.05) is 48.9 Å². The van der Waals surface area contributed by atoms with Crippen molar-refractivity contribution in [1.29, 1.82) is 0 Å². The quantitative estimate of drug-likeness (QED) is 0.360. The van der Waals surface area contributed by atoms with Crippen LogP contribution in [0.5, 0.6) is 0 Å². The Bertz CT molecular complexity index is 1170. The van der Waals surface area contributed by atoms with Gasteiger partial charge in [-0.2, -0.15) is 0 Å². The number of carbonyl (C=O) groups is 3. The summed E-state index contributed by atoms with van der Waals surface area (Å²) in [6.07, 6.45) is 3.99. The highest BCUT2D eigenvalue weighted by Gasteiger charge is 2.39. The van der Waals surface area contributed by atoms with Gasteiger partial charge in [0.05, 0.1) is 6.54 Å². The van der Waals surface area contributed by atoms with Gasteiger partial charge in [-0.25, -0.2) is 4.79 Å². The van der Waals surface area contributed by atoms with Crippen molar-refractivity contribution in [1.82, 2.24) is 19.8 Å². The number of allylic oxidation sites excluding steroid dienone is 1. The zero-order valence-corrected chi connectivity index (χ0v) is 17.1. The minimum atomic E-state index is -0.683. The van der Waals surface area contributed by atoms with Crippen molar-refractivity contribution >= 4 is 28.6 Å². The molecule has 30 heavy (non-hydrogen) atoms. The predicted molar refractivity (Wildman–Crippen MR) is 114 cm³/mol. The van der Waals surface area contributed by atoms with Gasteiger partial charge in [-0.3, -0.25) is 14.5 Å². The molecule has 0 bridgehead atoms. The molecule has 1 fully saturated rings. The van der Waals surface area contributed by atoms with Gasteiger partial charge in [0, 0.05) is 47.0 Å². The van der Waals surface area contributed by atoms with E-state index in [0.29, 0.717) is 18.5 Å². The second-order valence-electron chi connectivity index (χ2n) is 7.60. The van der Waals surface area contributed by atoms with Crippen LogP contribution in [0.25, 0.3) is 10.9 Å². The van der Waals surface area contributed by atoms with Crippen LogP contribution in [0.2, 0.25) is 0 Å². The van der Waals surface area contributed by atoms with Crippen molar-refractivity contribution in [3.05, 3.63) is 71.7 Å². The maximum absolute atomic E-state index is 12.9. The minimum absolute atomic E-state index is 0.255. The molecule has 7 heteroatoms. The molecule has 0 aliphatic carbocycles. The molecule has 0 saturated carbocycles. The molecule has 4 rings (SSSR count). The first-order valence-corrected chi connectivity index (χ1v) is 9.88. The van der Waals surface area contributed by atoms with Gasteiger partial charge in [-0.1, -0.05) is 24.3 Å². The number of imide groups is 1. The van der Waals surface area contributed by atoms with Gasteiger partial charge >= 0.3 is 6.03 Å². The lowest BCUT2D eigenvalue weighted by Gasteiger charge is -2.12. The average molecular weight is 404 g/mol. The summed E-state index contributed by atoms with van der Waals surface area (Å²) in [6.45, 7) is 7.84. The summed E-state index contributed by atoms with van der Waals surface area (Å²) >= 11 is 0. The Kier molecular flexibility index (Phi) is 5.03. The first kappa shape index (κ1) is 19.7. The van der Waals surface area contributed by atoms with Gasteiger partial charge in [0.1, 0.15) is 6.04 Å². The summed E-state index contributed by atoms with van der Waals surface area (Å²) in [4.78, 5) is 42.3. The van der Waals surface area contributed by atoms with E-state index in [4.69, 9.17) is 0 Å². The molecule has 1 aliphatic rings. The molecule has 1 aliphatic heterocycles. The van der Waals surface area contributed by atoms with E-state index in [2.05, 4.69) is 16.9 Å². The molecule has 2 N–H and O–H groups in total. The Labute approximate surface area is 174 Å². The van der Waals surface area contributed by atoms with Gasteiger partial charge in [0.15, 0.2) is 5.78 Å². The second-order valence-corrected chi connectivity index (χ2v) is 7.60. The first-order chi connectivity index (χ1) is 14.4. The average Bonchev–Trinajstić information content (AvgIpc) is 3.34. The third-order valence-corrected chi connectivity index (χ3v) is 5.69. The van der Waals surface area contributed by atoms with Crippen molar-refractivity contribution in [2.45, 2.75) is 32.9 Å². The lowest BCUT2D eigenvalue weighted by atomic mass is 10.0. The lowest BCUT2D eigenvalue weighted by Crippen LogP contribution is -2.36. The van der Waals surface area contributed by atoms with E-state index in [-0.39, 0.29) is 18.2 Å². The number of carbonyl (C=O) groups excluding carboxylic acids is 3. The molecule has 2 aromatic heterocycles. The van der Waals surface area contributed by atoms with E-state index < -0.39 is 12.1 Å². The monoisotopic (exact) mass is 404 g/mol. The van der Waals surface area contributed by atoms with E-state index >= 15 is 0 Å². The molecule has 0 radical (unpaired) electrons. The van der Waals surface area contributed by atoms with Crippen LogP contribution < -0.4 is 5.32 Å². The van der Waals surface area contributed by atoms with Crippen LogP contribution in [0.15, 0.2) is 49.2 Å². The Morgan fingerprint density at radius 3 is 2.77 bits per heavy atom. The number of nitrogens with one attached hydrogen (secondary N) is 2. The molecule has 1 aromatic carbocycles. The van der Waals surface area contributed by atoms with E-state index in [9.17, 15) is 14.4 Å². The van der Waals surface area contributed by atoms with Crippen molar-refractivity contribution in [3.63, 3.8) is 0 Å². The zero-order valence-electron chi connectivity index (χ0n) is 17.1. The van der Waals surface area contributed by atoms with Gasteiger partial charge in [-0.15, -0.1) is 6.58 Å². The van der Waals surface area contributed by atoms with E-state index in [1.54, 1.807) is 12.1 Å². The molecular formula is C23H24N4O3. The summed E-state index contributed by atoms with van der Waals surface area (Å²) in [5.74, 6) is -0.631. The van der Waals surface area contributed by atoms with E-state index in [0.717, 1.165) is 32.8 Å². The maximum Gasteiger partial charge on any atom is 0.325 e. The highest BCUT2D eigenvalue weighted by atomic mass is 16.2. The SMILES string of the molecule is C=CCn1c(C)cc(C(=O)CN2C(=O)N[C@@H](Cc3c[nH]c4ccccc34)C2=O)c1C. The Hall–Kier alpha value is -3.61. The van der Waals surface area contributed by atoms with Crippen LogP contribution in [0, 0.1) is 13.8 Å². The van der Waals surface area contributed by atoms with Gasteiger partial charge in [0.25, 0.3) is 5.91 Å². The number of para-hydroxylation sites is 1. The number of aromatic amines is 1. The third kappa shape index (κ3) is 3.32. The number of hydrogen-bond acceptors (Lipinski definition) is 3. The first-order valence-electron chi connectivity index (χ1n) is 9.88. The topological polar surface area (TPSA) is 87.2 Å². The summed E-state index contributed by atoms with van der Waals surface area (Å²) < 4.78 is 1.98. The number of aromatic nitrogens is 2. The number of hydrogen-bond donors (Lipinski definition) is 2. The van der Waals surface area contributed by atoms with Crippen molar-refractivity contribution in [2.24, 2.45) is 0 Å². The molecule has 154 valence electrons. The molecule has 3 amide bonds. The number of ketones is 1. The minimum Gasteiger partial charge on any atom is -0.361 e. The molecular weight excluding hydrogens is 380 g/mol. The number of rotatable bonds is 7. The Morgan fingerprint density at radius 1 is 1.23 bits per heavy atom. The van der Waals surface area contributed by atoms with Crippen LogP contribution in [0.3, 0.4) is 0 Å². The maximum atomic E-state index is 12.9. The summed E-state index contributed by atoms with van der Waals surface area (Å²) in [6, 6.07) is 8.39. The number of amides is 3. The molecule has 3 aromatic rings. The summed E-state index contributed by atoms with van der Waals surface area (Å²) in [5, 5.41) is 3.74. The van der Waals surface area contributed by atoms with E-state index in [1.165, 1.54) is 0 Å². The van der Waals surface area contributed by atoms with Crippen LogP contribution in [0.4, 0.5) is 4.79 Å². The van der Waals surface area contributed by atoms with Crippen LogP contribution in [0.1, 0.15) is 27.3 Å². The number of Topliss-reactive ketones (excluding diaryl/α,β-unsaturated/α-hetero) is 1. The van der Waals surface area contributed by atoms with Gasteiger partial charge < -0.3 is 14.9 Å². The summed E-state index contributed by atoms with van der Waals surface area (Å²) in [5.41, 5.74) is 4.19. The normalized spacial score (nSPS) is 16.3. The predicted octanol–water partition coefficient (Wildman–Crippen LogP) is 3.12. The molecule has 0 spiro atoms. The van der Waals surface area contributed by atoms with Crippen molar-refractivity contribution in [2.75, 3.05) is 6.54 Å². The van der Waals surface area contributed by atoms with Gasteiger partial charge in [0.2, 0.25) is 0 Å². The fraction of sp³-hybridized carbons (Fsp3) is 0.261. The Balaban J connectivity index is 1.50. The summed E-state index contributed by atoms with van der Waals surface area (Å²) in [7, 11) is 0. The number of aryl methyl sites for hydroxylation is 1. The number of H-pyrrole nitrogens is 1. The van der Waals surface area contributed by atoms with Gasteiger partial charge in [-0.05, 0) is 31.5 Å². The van der Waals surface area contributed by atoms with Crippen LogP contribution >= 0.6 is 0 Å². The van der Waals surface area contributed by atoms with Crippen LogP contribution in [-0.4, -0.2) is 44.8 Å². The zero-order chi connectivity index (χ0) is 21.4. The smallest absolute Gasteiger partial charge is 0.325 e. The standard InChI is InChI=1S/C23H24N4O3/c1-4-9-26-14(2)10-18(15(26)3)21(28)13-27-22(29)20(25-23(27)30)11-16-12-24-19-8-6-5-7-17(16)19/h4-8,10,12,20,24H,1,9,11,13H2,2-3H3,(H,25,30)/t20-/m0/s1. The highest BCUT2D eigenvalue weighted by molar-refractivity contribution is 6.09. The molecule has 0 unspecified atom stereocenters. The molecule has 1 atom stereocenters. The number of fused-ring (bicyclic) bond motifs is 1. The van der Waals surface area contributed by atoms with Crippen molar-refractivity contribution < 1.29 is 14.4 Å². The number of nitrogens with zero attached hydrogens (tertiary/aromatic N) is 2. The second kappa shape index (κ2) is 7.67. The molecule has 3 heterocycles. The fourth-order valence-corrected chi connectivity index (χ4v) is 4.11. The van der Waals surface area contributed by atoms with Crippen molar-refractivity contribution in [3.8, 4) is 0 Å². The molecule has 1 saturated heterocycles. The lowest BCUT2D eigenvalue weighted by molar-refractivity contribution is -0.127. The largest absolute Gasteiger partial charge is 0.361 e. The highest BCUT2D eigenvalue weighted by Crippen LogP contribution is 2.22.